The van der Waals surface area contributed by atoms with Crippen LogP contribution in [0.3, 0.4) is 0 Å². The summed E-state index contributed by atoms with van der Waals surface area (Å²) >= 11 is 5.89. The van der Waals surface area contributed by atoms with Gasteiger partial charge in [-0.15, -0.1) is 0 Å². The van der Waals surface area contributed by atoms with Crippen LogP contribution in [0, 0.1) is 17.8 Å². The van der Waals surface area contributed by atoms with E-state index < -0.39 is 16.0 Å². The van der Waals surface area contributed by atoms with Crippen LogP contribution in [0.5, 0.6) is 0 Å². The number of nitrogens with one attached hydrogen (secondary N) is 1. The lowest BCUT2D eigenvalue weighted by Gasteiger charge is -2.19. The monoisotopic (exact) mass is 490 g/mol. The summed E-state index contributed by atoms with van der Waals surface area (Å²) < 4.78 is 31.9. The van der Waals surface area contributed by atoms with Gasteiger partial charge in [0.25, 0.3) is 0 Å². The molecule has 7 nitrogen and oxygen atoms in total. The Morgan fingerprint density at radius 2 is 1.67 bits per heavy atom. The van der Waals surface area contributed by atoms with Crippen LogP contribution in [-0.2, 0) is 26.0 Å². The summed E-state index contributed by atoms with van der Waals surface area (Å²) in [5.41, 5.74) is 1.52. The topological polar surface area (TPSA) is 92.8 Å². The molecule has 0 spiro atoms. The summed E-state index contributed by atoms with van der Waals surface area (Å²) in [5.74, 6) is -0.447. The normalized spacial score (nSPS) is 21.9. The molecular formula is C24H27ClN2O5S. The number of aryl methyl sites for hydroxylation is 1. The van der Waals surface area contributed by atoms with Crippen molar-refractivity contribution in [3.05, 3.63) is 64.7 Å². The third-order valence-corrected chi connectivity index (χ3v) is 8.58. The van der Waals surface area contributed by atoms with Gasteiger partial charge in [-0.1, -0.05) is 23.7 Å². The molecule has 3 atom stereocenters. The number of halogens is 1. The highest BCUT2D eigenvalue weighted by molar-refractivity contribution is 7.89. The fourth-order valence-corrected chi connectivity index (χ4v) is 6.18. The number of fused-ring (bicyclic) bond motifs is 1. The first-order chi connectivity index (χ1) is 15.8. The van der Waals surface area contributed by atoms with E-state index in [2.05, 4.69) is 10.1 Å². The van der Waals surface area contributed by atoms with Crippen molar-refractivity contribution in [3.63, 3.8) is 0 Å². The Morgan fingerprint density at radius 3 is 2.27 bits per heavy atom. The van der Waals surface area contributed by atoms with Crippen molar-refractivity contribution in [2.75, 3.05) is 26.7 Å². The molecule has 1 N–H and O–H groups in total. The highest BCUT2D eigenvalue weighted by Crippen LogP contribution is 2.52. The molecule has 2 fully saturated rings. The minimum absolute atomic E-state index is 0.0240. The van der Waals surface area contributed by atoms with Crippen LogP contribution in [0.4, 0.5) is 0 Å². The van der Waals surface area contributed by atoms with Gasteiger partial charge in [0, 0.05) is 30.6 Å². The Balaban J connectivity index is 1.20. The number of carbonyl (C=O) groups excluding carboxylic acids is 2. The maximum Gasteiger partial charge on any atom is 0.337 e. The predicted molar refractivity (Wildman–Crippen MR) is 124 cm³/mol. The lowest BCUT2D eigenvalue weighted by atomic mass is 10.1. The fourth-order valence-electron chi connectivity index (χ4n) is 4.54. The fraction of sp³-hybridized carbons (Fsp3) is 0.417. The molecule has 0 bridgehead atoms. The maximum absolute atomic E-state index is 12.9. The number of ether oxygens (including phenoxy) is 1. The Hall–Kier alpha value is -2.42. The van der Waals surface area contributed by atoms with Crippen molar-refractivity contribution in [3.8, 4) is 0 Å². The highest BCUT2D eigenvalue weighted by atomic mass is 35.5. The number of rotatable bonds is 9. The predicted octanol–water partition coefficient (Wildman–Crippen LogP) is 3.13. The average Bonchev–Trinajstić information content (AvgIpc) is 3.32. The molecule has 1 saturated heterocycles. The SMILES string of the molecule is COC(=O)c1ccc(S(=O)(=O)N2C[C@@H]3C(C(=O)NCCCCc4ccc(Cl)cc4)[C@@H]3C2)cc1. The molecule has 0 radical (unpaired) electrons. The smallest absolute Gasteiger partial charge is 0.337 e. The summed E-state index contributed by atoms with van der Waals surface area (Å²) in [6, 6.07) is 13.5. The zero-order valence-corrected chi connectivity index (χ0v) is 19.9. The molecule has 1 heterocycles. The lowest BCUT2D eigenvalue weighted by molar-refractivity contribution is -0.123. The molecule has 1 saturated carbocycles. The number of unbranched alkanes of at least 4 members (excludes halogenated alkanes) is 1. The van der Waals surface area contributed by atoms with Crippen LogP contribution in [-0.4, -0.2) is 51.3 Å². The van der Waals surface area contributed by atoms with E-state index in [9.17, 15) is 18.0 Å². The van der Waals surface area contributed by atoms with Gasteiger partial charge in [-0.05, 0) is 73.1 Å². The van der Waals surface area contributed by atoms with Gasteiger partial charge < -0.3 is 10.1 Å². The second kappa shape index (κ2) is 9.83. The van der Waals surface area contributed by atoms with E-state index in [-0.39, 0.29) is 28.6 Å². The van der Waals surface area contributed by atoms with Gasteiger partial charge in [0.2, 0.25) is 15.9 Å². The number of sulfonamides is 1. The molecule has 33 heavy (non-hydrogen) atoms. The van der Waals surface area contributed by atoms with Crippen molar-refractivity contribution < 1.29 is 22.7 Å². The number of methoxy groups -OCH3 is 1. The van der Waals surface area contributed by atoms with E-state index in [0.717, 1.165) is 24.3 Å². The Kier molecular flexibility index (Phi) is 7.07. The summed E-state index contributed by atoms with van der Waals surface area (Å²) in [5, 5.41) is 3.73. The van der Waals surface area contributed by atoms with Gasteiger partial charge in [-0.3, -0.25) is 4.79 Å². The number of carbonyl (C=O) groups is 2. The third kappa shape index (κ3) is 5.23. The van der Waals surface area contributed by atoms with Gasteiger partial charge in [0.1, 0.15) is 0 Å². The molecule has 2 aliphatic rings. The van der Waals surface area contributed by atoms with Gasteiger partial charge >= 0.3 is 5.97 Å². The van der Waals surface area contributed by atoms with Gasteiger partial charge in [0.05, 0.1) is 17.6 Å². The second-order valence-electron chi connectivity index (χ2n) is 8.57. The van der Waals surface area contributed by atoms with Crippen molar-refractivity contribution >= 4 is 33.5 Å². The van der Waals surface area contributed by atoms with E-state index in [1.54, 1.807) is 0 Å². The lowest BCUT2D eigenvalue weighted by Crippen LogP contribution is -2.35. The Morgan fingerprint density at radius 1 is 1.03 bits per heavy atom. The molecule has 176 valence electrons. The van der Waals surface area contributed by atoms with Gasteiger partial charge in [-0.2, -0.15) is 4.31 Å². The average molecular weight is 491 g/mol. The number of nitrogens with zero attached hydrogens (tertiary/aromatic N) is 1. The quantitative estimate of drug-likeness (QED) is 0.430. The largest absolute Gasteiger partial charge is 0.465 e. The van der Waals surface area contributed by atoms with E-state index >= 15 is 0 Å². The number of amides is 1. The molecule has 1 aliphatic carbocycles. The van der Waals surface area contributed by atoms with Crippen LogP contribution in [0.15, 0.2) is 53.4 Å². The molecule has 1 aliphatic heterocycles. The number of hydrogen-bond acceptors (Lipinski definition) is 5. The number of hydrogen-bond donors (Lipinski definition) is 1. The highest BCUT2D eigenvalue weighted by Gasteiger charge is 2.61. The minimum Gasteiger partial charge on any atom is -0.465 e. The van der Waals surface area contributed by atoms with Crippen LogP contribution >= 0.6 is 11.6 Å². The Labute approximate surface area is 199 Å². The summed E-state index contributed by atoms with van der Waals surface area (Å²) in [4.78, 5) is 24.2. The number of esters is 1. The van der Waals surface area contributed by atoms with E-state index in [0.29, 0.717) is 25.2 Å². The third-order valence-electron chi connectivity index (χ3n) is 6.48. The van der Waals surface area contributed by atoms with Crippen LogP contribution in [0.25, 0.3) is 0 Å². The van der Waals surface area contributed by atoms with E-state index in [1.807, 2.05) is 24.3 Å². The molecule has 1 amide bonds. The maximum atomic E-state index is 12.9. The molecule has 4 rings (SSSR count). The zero-order chi connectivity index (χ0) is 23.6. The van der Waals surface area contributed by atoms with Gasteiger partial charge in [-0.25, -0.2) is 13.2 Å². The first-order valence-corrected chi connectivity index (χ1v) is 12.8. The molecule has 2 aromatic rings. The first-order valence-electron chi connectivity index (χ1n) is 11.0. The van der Waals surface area contributed by atoms with E-state index in [4.69, 9.17) is 11.6 Å². The molecule has 1 unspecified atom stereocenters. The van der Waals surface area contributed by atoms with Gasteiger partial charge in [0.15, 0.2) is 0 Å². The standard InChI is InChI=1S/C24H27ClN2O5S/c1-32-24(29)17-7-11-19(12-8-17)33(30,31)27-14-20-21(15-27)22(20)23(28)26-13-3-2-4-16-5-9-18(25)10-6-16/h5-12,20-22H,2-4,13-15H2,1H3,(H,26,28)/t20-,21+,22?. The van der Waals surface area contributed by atoms with Crippen molar-refractivity contribution in [1.29, 1.82) is 0 Å². The molecule has 0 aromatic heterocycles. The number of benzene rings is 2. The number of piperidine rings is 1. The van der Waals surface area contributed by atoms with Crippen molar-refractivity contribution in [1.82, 2.24) is 9.62 Å². The summed E-state index contributed by atoms with van der Waals surface area (Å²) in [6.45, 7) is 1.32. The van der Waals surface area contributed by atoms with Crippen molar-refractivity contribution in [2.45, 2.75) is 24.2 Å². The van der Waals surface area contributed by atoms with E-state index in [1.165, 1.54) is 41.2 Å². The van der Waals surface area contributed by atoms with Crippen LogP contribution < -0.4 is 5.32 Å². The second-order valence-corrected chi connectivity index (χ2v) is 10.9. The summed E-state index contributed by atoms with van der Waals surface area (Å²) in [6.07, 6.45) is 2.80. The molecular weight excluding hydrogens is 464 g/mol. The first kappa shape index (κ1) is 23.7. The zero-order valence-electron chi connectivity index (χ0n) is 18.4. The van der Waals surface area contributed by atoms with Crippen molar-refractivity contribution in [2.24, 2.45) is 17.8 Å². The molecule has 2 aromatic carbocycles. The van der Waals surface area contributed by atoms with Crippen LogP contribution in [0.1, 0.15) is 28.8 Å². The Bertz CT molecular complexity index is 1110. The summed E-state index contributed by atoms with van der Waals surface area (Å²) in [7, 11) is -2.38. The van der Waals surface area contributed by atoms with Crippen LogP contribution in [0.2, 0.25) is 5.02 Å². The minimum atomic E-state index is -3.65. The molecule has 9 heteroatoms.